The molecule has 2 aliphatic heterocycles. The van der Waals surface area contributed by atoms with E-state index < -0.39 is 0 Å². The summed E-state index contributed by atoms with van der Waals surface area (Å²) in [4.78, 5) is 12.3. The third-order valence-electron chi connectivity index (χ3n) is 5.05. The summed E-state index contributed by atoms with van der Waals surface area (Å²) < 4.78 is 0. The van der Waals surface area contributed by atoms with E-state index in [1.165, 1.54) is 52.0 Å². The summed E-state index contributed by atoms with van der Waals surface area (Å²) in [5.41, 5.74) is 0.428. The molecule has 0 aromatic heterocycles. The summed E-state index contributed by atoms with van der Waals surface area (Å²) in [6.07, 6.45) is 3.72. The number of hydrogen-bond donors (Lipinski definition) is 1. The molecule has 2 heterocycles. The normalized spacial score (nSPS) is 23.5. The van der Waals surface area contributed by atoms with Crippen LogP contribution in [0.4, 0.5) is 0 Å². The average Bonchev–Trinajstić information content (AvgIpc) is 2.88. The number of guanidine groups is 1. The highest BCUT2D eigenvalue weighted by Gasteiger charge is 2.30. The summed E-state index contributed by atoms with van der Waals surface area (Å²) >= 11 is 0. The van der Waals surface area contributed by atoms with Crippen LogP contribution >= 0.6 is 0 Å². The number of likely N-dealkylation sites (N-methyl/N-ethyl adjacent to an activating group) is 1. The number of rotatable bonds is 6. The van der Waals surface area contributed by atoms with Gasteiger partial charge in [-0.3, -0.25) is 4.99 Å². The number of nitrogens with zero attached hydrogens (tertiary/aromatic N) is 4. The fraction of sp³-hybridized carbons (Fsp3) is 0.944. The molecule has 0 saturated carbocycles. The molecule has 0 bridgehead atoms. The Morgan fingerprint density at radius 2 is 1.83 bits per heavy atom. The number of hydrogen-bond acceptors (Lipinski definition) is 3. The van der Waals surface area contributed by atoms with Crippen LogP contribution in [-0.4, -0.2) is 86.6 Å². The first-order chi connectivity index (χ1) is 11.0. The van der Waals surface area contributed by atoms with Gasteiger partial charge in [0.25, 0.3) is 0 Å². The number of nitrogens with one attached hydrogen (secondary N) is 1. The van der Waals surface area contributed by atoms with Gasteiger partial charge in [0.05, 0.1) is 0 Å². The SMILES string of the molecule is CCNC(=NCCCCN1CCN(C)CC1)N1CCC(C)(C)C1. The average molecular weight is 324 g/mol. The first kappa shape index (κ1) is 18.5. The zero-order chi connectivity index (χ0) is 16.7. The second kappa shape index (κ2) is 8.88. The second-order valence-corrected chi connectivity index (χ2v) is 7.92. The first-order valence-corrected chi connectivity index (χ1v) is 9.44. The van der Waals surface area contributed by atoms with Crippen molar-refractivity contribution in [3.63, 3.8) is 0 Å². The number of piperazine rings is 1. The van der Waals surface area contributed by atoms with E-state index in [9.17, 15) is 0 Å². The molecule has 0 amide bonds. The Morgan fingerprint density at radius 3 is 2.43 bits per heavy atom. The topological polar surface area (TPSA) is 34.1 Å². The zero-order valence-electron chi connectivity index (χ0n) is 15.8. The van der Waals surface area contributed by atoms with Gasteiger partial charge in [-0.05, 0) is 45.2 Å². The van der Waals surface area contributed by atoms with Crippen LogP contribution in [0.25, 0.3) is 0 Å². The van der Waals surface area contributed by atoms with Gasteiger partial charge in [-0.25, -0.2) is 0 Å². The predicted octanol–water partition coefficient (Wildman–Crippen LogP) is 1.71. The molecular formula is C18H37N5. The molecule has 5 heteroatoms. The van der Waals surface area contributed by atoms with Crippen molar-refractivity contribution < 1.29 is 0 Å². The molecule has 134 valence electrons. The number of aliphatic imine (C=N–C) groups is 1. The van der Waals surface area contributed by atoms with Crippen LogP contribution in [0.1, 0.15) is 40.0 Å². The van der Waals surface area contributed by atoms with Gasteiger partial charge in [0, 0.05) is 52.4 Å². The van der Waals surface area contributed by atoms with Crippen molar-refractivity contribution in [2.45, 2.75) is 40.0 Å². The van der Waals surface area contributed by atoms with E-state index in [0.29, 0.717) is 5.41 Å². The van der Waals surface area contributed by atoms with Crippen LogP contribution in [0.3, 0.4) is 0 Å². The van der Waals surface area contributed by atoms with Crippen molar-refractivity contribution in [1.29, 1.82) is 0 Å². The van der Waals surface area contributed by atoms with Gasteiger partial charge in [0.15, 0.2) is 5.96 Å². The van der Waals surface area contributed by atoms with Crippen molar-refractivity contribution in [2.24, 2.45) is 10.4 Å². The van der Waals surface area contributed by atoms with Gasteiger partial charge >= 0.3 is 0 Å². The smallest absolute Gasteiger partial charge is 0.193 e. The Morgan fingerprint density at radius 1 is 1.09 bits per heavy atom. The summed E-state index contributed by atoms with van der Waals surface area (Å²) in [6.45, 7) is 17.2. The Balaban J connectivity index is 1.67. The lowest BCUT2D eigenvalue weighted by Crippen LogP contribution is -2.44. The fourth-order valence-electron chi connectivity index (χ4n) is 3.42. The Kier molecular flexibility index (Phi) is 7.15. The highest BCUT2D eigenvalue weighted by molar-refractivity contribution is 5.80. The van der Waals surface area contributed by atoms with Crippen LogP contribution in [0.5, 0.6) is 0 Å². The van der Waals surface area contributed by atoms with E-state index in [0.717, 1.165) is 32.1 Å². The molecule has 0 aromatic rings. The van der Waals surface area contributed by atoms with Crippen LogP contribution in [0, 0.1) is 5.41 Å². The van der Waals surface area contributed by atoms with Crippen LogP contribution in [0.15, 0.2) is 4.99 Å². The largest absolute Gasteiger partial charge is 0.357 e. The van der Waals surface area contributed by atoms with Gasteiger partial charge in [-0.2, -0.15) is 0 Å². The minimum atomic E-state index is 0.428. The summed E-state index contributed by atoms with van der Waals surface area (Å²) in [7, 11) is 2.22. The molecule has 0 aromatic carbocycles. The molecule has 0 spiro atoms. The molecule has 5 nitrogen and oxygen atoms in total. The lowest BCUT2D eigenvalue weighted by atomic mass is 9.93. The molecule has 0 radical (unpaired) electrons. The van der Waals surface area contributed by atoms with Crippen molar-refractivity contribution in [2.75, 3.05) is 66.0 Å². The lowest BCUT2D eigenvalue weighted by molar-refractivity contribution is 0.152. The molecule has 0 unspecified atom stereocenters. The van der Waals surface area contributed by atoms with E-state index in [2.05, 4.69) is 47.8 Å². The lowest BCUT2D eigenvalue weighted by Gasteiger charge is -2.32. The Bertz CT molecular complexity index is 372. The van der Waals surface area contributed by atoms with E-state index in [1.807, 2.05) is 0 Å². The van der Waals surface area contributed by atoms with Gasteiger partial charge in [0.1, 0.15) is 0 Å². The molecular weight excluding hydrogens is 286 g/mol. The minimum Gasteiger partial charge on any atom is -0.357 e. The van der Waals surface area contributed by atoms with Crippen LogP contribution < -0.4 is 5.32 Å². The first-order valence-electron chi connectivity index (χ1n) is 9.44. The predicted molar refractivity (Wildman–Crippen MR) is 99.1 cm³/mol. The maximum absolute atomic E-state index is 4.86. The minimum absolute atomic E-state index is 0.428. The Labute approximate surface area is 143 Å². The van der Waals surface area contributed by atoms with E-state index in [4.69, 9.17) is 4.99 Å². The Hall–Kier alpha value is -0.810. The number of likely N-dealkylation sites (tertiary alicyclic amines) is 1. The van der Waals surface area contributed by atoms with Crippen molar-refractivity contribution in [3.05, 3.63) is 0 Å². The summed E-state index contributed by atoms with van der Waals surface area (Å²) in [6, 6.07) is 0. The number of unbranched alkanes of at least 4 members (excludes halogenated alkanes) is 1. The third-order valence-corrected chi connectivity index (χ3v) is 5.05. The van der Waals surface area contributed by atoms with Crippen LogP contribution in [-0.2, 0) is 0 Å². The molecule has 2 rings (SSSR count). The van der Waals surface area contributed by atoms with Crippen molar-refractivity contribution >= 4 is 5.96 Å². The maximum atomic E-state index is 4.86. The fourth-order valence-corrected chi connectivity index (χ4v) is 3.42. The highest BCUT2D eigenvalue weighted by atomic mass is 15.3. The quantitative estimate of drug-likeness (QED) is 0.458. The van der Waals surface area contributed by atoms with Crippen LogP contribution in [0.2, 0.25) is 0 Å². The highest BCUT2D eigenvalue weighted by Crippen LogP contribution is 2.28. The van der Waals surface area contributed by atoms with E-state index >= 15 is 0 Å². The monoisotopic (exact) mass is 323 g/mol. The third kappa shape index (κ3) is 6.30. The van der Waals surface area contributed by atoms with Gasteiger partial charge in [0.2, 0.25) is 0 Å². The maximum Gasteiger partial charge on any atom is 0.193 e. The molecule has 2 fully saturated rings. The van der Waals surface area contributed by atoms with E-state index in [1.54, 1.807) is 0 Å². The van der Waals surface area contributed by atoms with Gasteiger partial charge in [-0.1, -0.05) is 13.8 Å². The molecule has 23 heavy (non-hydrogen) atoms. The standard InChI is InChI=1S/C18H37N5/c1-5-19-17(23-11-8-18(2,3)16-23)20-9-6-7-10-22-14-12-21(4)13-15-22/h5-16H2,1-4H3,(H,19,20). The molecule has 0 atom stereocenters. The van der Waals surface area contributed by atoms with E-state index in [-0.39, 0.29) is 0 Å². The molecule has 2 aliphatic rings. The van der Waals surface area contributed by atoms with Crippen molar-refractivity contribution in [1.82, 2.24) is 20.0 Å². The van der Waals surface area contributed by atoms with Gasteiger partial charge in [-0.15, -0.1) is 0 Å². The van der Waals surface area contributed by atoms with Gasteiger partial charge < -0.3 is 20.0 Å². The zero-order valence-corrected chi connectivity index (χ0v) is 15.8. The summed E-state index contributed by atoms with van der Waals surface area (Å²) in [5, 5.41) is 3.47. The molecule has 1 N–H and O–H groups in total. The molecule has 0 aliphatic carbocycles. The second-order valence-electron chi connectivity index (χ2n) is 7.92. The summed E-state index contributed by atoms with van der Waals surface area (Å²) in [5.74, 6) is 1.12. The molecule has 2 saturated heterocycles. The van der Waals surface area contributed by atoms with Crippen molar-refractivity contribution in [3.8, 4) is 0 Å².